The van der Waals surface area contributed by atoms with Crippen molar-refractivity contribution in [1.82, 2.24) is 0 Å². The summed E-state index contributed by atoms with van der Waals surface area (Å²) in [5.74, 6) is 2.27. The molecule has 0 radical (unpaired) electrons. The van der Waals surface area contributed by atoms with Gasteiger partial charge in [0.25, 0.3) is 0 Å². The fourth-order valence-electron chi connectivity index (χ4n) is 1.53. The van der Waals surface area contributed by atoms with Gasteiger partial charge in [-0.2, -0.15) is 0 Å². The number of hydrogen-bond donors (Lipinski definition) is 0. The normalized spacial score (nSPS) is 10.6. The van der Waals surface area contributed by atoms with Crippen molar-refractivity contribution in [3.8, 4) is 11.5 Å². The Bertz CT molecular complexity index is 348. The lowest BCUT2D eigenvalue weighted by Crippen LogP contribution is -1.96. The Morgan fingerprint density at radius 1 is 1.12 bits per heavy atom. The highest BCUT2D eigenvalue weighted by Crippen LogP contribution is 2.34. The lowest BCUT2D eigenvalue weighted by Gasteiger charge is -2.12. The Labute approximate surface area is 106 Å². The number of rotatable bonds is 5. The molecule has 16 heavy (non-hydrogen) atoms. The molecule has 0 saturated carbocycles. The van der Waals surface area contributed by atoms with E-state index in [1.165, 1.54) is 12.0 Å². The van der Waals surface area contributed by atoms with Gasteiger partial charge >= 0.3 is 0 Å². The molecule has 1 aromatic rings. The topological polar surface area (TPSA) is 18.5 Å². The van der Waals surface area contributed by atoms with Gasteiger partial charge in [-0.1, -0.05) is 29.8 Å². The lowest BCUT2D eigenvalue weighted by molar-refractivity contribution is 0.354. The summed E-state index contributed by atoms with van der Waals surface area (Å²) in [5, 5.41) is 0. The molecule has 0 aliphatic carbocycles. The summed E-state index contributed by atoms with van der Waals surface area (Å²) in [6, 6.07) is 4.01. The van der Waals surface area contributed by atoms with Crippen LogP contribution < -0.4 is 9.47 Å². The van der Waals surface area contributed by atoms with Crippen molar-refractivity contribution in [3.05, 3.63) is 22.2 Å². The molecule has 0 aromatic heterocycles. The molecule has 0 amide bonds. The Morgan fingerprint density at radius 2 is 1.69 bits per heavy atom. The van der Waals surface area contributed by atoms with Crippen LogP contribution in [0.25, 0.3) is 0 Å². The number of benzene rings is 1. The maximum atomic E-state index is 5.29. The summed E-state index contributed by atoms with van der Waals surface area (Å²) in [6.45, 7) is 4.46. The monoisotopic (exact) mass is 286 g/mol. The molecule has 0 saturated heterocycles. The second-order valence-corrected chi connectivity index (χ2v) is 5.09. The van der Waals surface area contributed by atoms with E-state index in [-0.39, 0.29) is 0 Å². The van der Waals surface area contributed by atoms with Gasteiger partial charge in [0.15, 0.2) is 11.5 Å². The molecule has 0 heterocycles. The van der Waals surface area contributed by atoms with Crippen LogP contribution in [-0.2, 0) is 6.42 Å². The predicted octanol–water partition coefficient (Wildman–Crippen LogP) is 4.05. The van der Waals surface area contributed by atoms with E-state index in [1.807, 2.05) is 12.1 Å². The molecular weight excluding hydrogens is 268 g/mol. The van der Waals surface area contributed by atoms with Gasteiger partial charge < -0.3 is 9.47 Å². The van der Waals surface area contributed by atoms with Gasteiger partial charge in [0.05, 0.1) is 14.2 Å². The van der Waals surface area contributed by atoms with Crippen LogP contribution in [0.5, 0.6) is 11.5 Å². The number of ether oxygens (including phenoxy) is 2. The van der Waals surface area contributed by atoms with E-state index in [0.29, 0.717) is 5.92 Å². The highest BCUT2D eigenvalue weighted by atomic mass is 79.9. The van der Waals surface area contributed by atoms with Crippen molar-refractivity contribution in [2.75, 3.05) is 14.2 Å². The first kappa shape index (κ1) is 13.4. The van der Waals surface area contributed by atoms with E-state index in [9.17, 15) is 0 Å². The number of hydrogen-bond acceptors (Lipinski definition) is 2. The van der Waals surface area contributed by atoms with Gasteiger partial charge in [-0.15, -0.1) is 0 Å². The second kappa shape index (κ2) is 6.14. The van der Waals surface area contributed by atoms with Gasteiger partial charge in [0.2, 0.25) is 0 Å². The molecule has 0 unspecified atom stereocenters. The highest BCUT2D eigenvalue weighted by molar-refractivity contribution is 9.10. The summed E-state index contributed by atoms with van der Waals surface area (Å²) in [5.41, 5.74) is 1.27. The molecule has 0 fully saturated rings. The quantitative estimate of drug-likeness (QED) is 0.813. The van der Waals surface area contributed by atoms with Gasteiger partial charge in [0, 0.05) is 4.47 Å². The average molecular weight is 287 g/mol. The third-order valence-corrected chi connectivity index (χ3v) is 3.28. The fraction of sp³-hybridized carbons (Fsp3) is 0.538. The lowest BCUT2D eigenvalue weighted by atomic mass is 10.0. The third kappa shape index (κ3) is 3.41. The molecule has 0 N–H and O–H groups in total. The molecule has 0 aliphatic rings. The zero-order chi connectivity index (χ0) is 12.1. The summed E-state index contributed by atoms with van der Waals surface area (Å²) in [7, 11) is 3.32. The summed E-state index contributed by atoms with van der Waals surface area (Å²) < 4.78 is 11.6. The third-order valence-electron chi connectivity index (χ3n) is 2.54. The largest absolute Gasteiger partial charge is 0.493 e. The molecule has 90 valence electrons. The van der Waals surface area contributed by atoms with Crippen LogP contribution in [0.3, 0.4) is 0 Å². The van der Waals surface area contributed by atoms with Crippen LogP contribution in [0.2, 0.25) is 0 Å². The van der Waals surface area contributed by atoms with E-state index >= 15 is 0 Å². The summed E-state index contributed by atoms with van der Waals surface area (Å²) in [6.07, 6.45) is 2.23. The summed E-state index contributed by atoms with van der Waals surface area (Å²) >= 11 is 3.57. The second-order valence-electron chi connectivity index (χ2n) is 4.23. The molecule has 0 spiro atoms. The van der Waals surface area contributed by atoms with Crippen LogP contribution in [0, 0.1) is 5.92 Å². The van der Waals surface area contributed by atoms with Gasteiger partial charge in [-0.25, -0.2) is 0 Å². The zero-order valence-corrected chi connectivity index (χ0v) is 11.9. The fourth-order valence-corrected chi connectivity index (χ4v) is 2.05. The maximum Gasteiger partial charge on any atom is 0.161 e. The van der Waals surface area contributed by atoms with E-state index in [2.05, 4.69) is 29.8 Å². The van der Waals surface area contributed by atoms with Crippen molar-refractivity contribution < 1.29 is 9.47 Å². The average Bonchev–Trinajstić information content (AvgIpc) is 2.26. The molecule has 3 heteroatoms. The van der Waals surface area contributed by atoms with Gasteiger partial charge in [0.1, 0.15) is 0 Å². The Morgan fingerprint density at radius 3 is 2.19 bits per heavy atom. The minimum absolute atomic E-state index is 0.708. The predicted molar refractivity (Wildman–Crippen MR) is 70.4 cm³/mol. The van der Waals surface area contributed by atoms with Gasteiger partial charge in [-0.05, 0) is 36.5 Å². The van der Waals surface area contributed by atoms with Crippen molar-refractivity contribution in [1.29, 1.82) is 0 Å². The Hall–Kier alpha value is -0.700. The summed E-state index contributed by atoms with van der Waals surface area (Å²) in [4.78, 5) is 0. The molecule has 1 aromatic carbocycles. The van der Waals surface area contributed by atoms with Crippen molar-refractivity contribution in [2.45, 2.75) is 26.7 Å². The number of halogens is 1. The number of aryl methyl sites for hydroxylation is 1. The van der Waals surface area contributed by atoms with Crippen LogP contribution in [0.4, 0.5) is 0 Å². The van der Waals surface area contributed by atoms with Crippen molar-refractivity contribution in [2.24, 2.45) is 5.92 Å². The van der Waals surface area contributed by atoms with Crippen LogP contribution >= 0.6 is 15.9 Å². The van der Waals surface area contributed by atoms with Crippen molar-refractivity contribution in [3.63, 3.8) is 0 Å². The van der Waals surface area contributed by atoms with Crippen LogP contribution in [0.1, 0.15) is 25.8 Å². The zero-order valence-electron chi connectivity index (χ0n) is 10.3. The van der Waals surface area contributed by atoms with E-state index in [4.69, 9.17) is 9.47 Å². The van der Waals surface area contributed by atoms with Gasteiger partial charge in [-0.3, -0.25) is 0 Å². The molecule has 0 atom stereocenters. The minimum atomic E-state index is 0.708. The Balaban J connectivity index is 2.92. The molecule has 0 bridgehead atoms. The van der Waals surface area contributed by atoms with E-state index < -0.39 is 0 Å². The van der Waals surface area contributed by atoms with E-state index in [0.717, 1.165) is 22.4 Å². The van der Waals surface area contributed by atoms with E-state index in [1.54, 1.807) is 14.2 Å². The molecule has 2 nitrogen and oxygen atoms in total. The Kier molecular flexibility index (Phi) is 5.13. The number of methoxy groups -OCH3 is 2. The molecule has 1 rings (SSSR count). The van der Waals surface area contributed by atoms with Crippen LogP contribution in [-0.4, -0.2) is 14.2 Å². The SMILES string of the molecule is COc1cc(Br)c(CCC(C)C)cc1OC. The first-order valence-corrected chi connectivity index (χ1v) is 6.28. The maximum absolute atomic E-state index is 5.29. The van der Waals surface area contributed by atoms with Crippen molar-refractivity contribution >= 4 is 15.9 Å². The molecular formula is C13H19BrO2. The minimum Gasteiger partial charge on any atom is -0.493 e. The smallest absolute Gasteiger partial charge is 0.161 e. The standard InChI is InChI=1S/C13H19BrO2/c1-9(2)5-6-10-7-12(15-3)13(16-4)8-11(10)14/h7-9H,5-6H2,1-4H3. The first-order valence-electron chi connectivity index (χ1n) is 5.48. The molecule has 0 aliphatic heterocycles. The first-order chi connectivity index (χ1) is 7.58. The highest BCUT2D eigenvalue weighted by Gasteiger charge is 2.09. The van der Waals surface area contributed by atoms with Crippen LogP contribution in [0.15, 0.2) is 16.6 Å².